The van der Waals surface area contributed by atoms with Crippen LogP contribution in [0, 0.1) is 11.3 Å². The summed E-state index contributed by atoms with van der Waals surface area (Å²) in [6.07, 6.45) is 6.33. The lowest BCUT2D eigenvalue weighted by molar-refractivity contribution is 0.136. The molecule has 118 valence electrons. The zero-order chi connectivity index (χ0) is 15.5. The third-order valence-electron chi connectivity index (χ3n) is 5.37. The van der Waals surface area contributed by atoms with Crippen LogP contribution in [0.15, 0.2) is 18.2 Å². The highest BCUT2D eigenvalue weighted by molar-refractivity contribution is 6.30. The zero-order valence-electron chi connectivity index (χ0n) is 13.5. The number of phenols is 1. The average molecular weight is 310 g/mol. The molecule has 2 nitrogen and oxygen atoms in total. The highest BCUT2D eigenvalue weighted by Crippen LogP contribution is 2.40. The molecule has 0 radical (unpaired) electrons. The Morgan fingerprint density at radius 3 is 2.52 bits per heavy atom. The number of hydrogen-bond acceptors (Lipinski definition) is 2. The lowest BCUT2D eigenvalue weighted by Gasteiger charge is -2.39. The van der Waals surface area contributed by atoms with Crippen molar-refractivity contribution in [1.82, 2.24) is 5.32 Å². The van der Waals surface area contributed by atoms with Crippen LogP contribution >= 0.6 is 11.6 Å². The van der Waals surface area contributed by atoms with Crippen LogP contribution in [0.5, 0.6) is 5.75 Å². The van der Waals surface area contributed by atoms with Gasteiger partial charge in [-0.1, -0.05) is 38.8 Å². The molecule has 2 N–H and O–H groups in total. The van der Waals surface area contributed by atoms with Crippen molar-refractivity contribution < 1.29 is 5.11 Å². The molecule has 0 atom stereocenters. The summed E-state index contributed by atoms with van der Waals surface area (Å²) in [5, 5.41) is 14.1. The van der Waals surface area contributed by atoms with Gasteiger partial charge >= 0.3 is 0 Å². The normalized spacial score (nSPS) is 23.2. The first-order valence-electron chi connectivity index (χ1n) is 8.13. The van der Waals surface area contributed by atoms with Gasteiger partial charge in [0, 0.05) is 23.2 Å². The molecule has 0 aromatic heterocycles. The Labute approximate surface area is 133 Å². The molecule has 2 rings (SSSR count). The highest BCUT2D eigenvalue weighted by Gasteiger charge is 2.31. The summed E-state index contributed by atoms with van der Waals surface area (Å²) in [6.45, 7) is 7.79. The summed E-state index contributed by atoms with van der Waals surface area (Å²) in [7, 11) is 0. The number of rotatable bonds is 5. The van der Waals surface area contributed by atoms with Crippen molar-refractivity contribution in [3.63, 3.8) is 0 Å². The molecular formula is C18H28ClNO. The van der Waals surface area contributed by atoms with Gasteiger partial charge in [0.25, 0.3) is 0 Å². The van der Waals surface area contributed by atoms with Gasteiger partial charge in [-0.2, -0.15) is 0 Å². The van der Waals surface area contributed by atoms with Crippen LogP contribution in [-0.4, -0.2) is 11.1 Å². The van der Waals surface area contributed by atoms with Crippen molar-refractivity contribution in [3.05, 3.63) is 28.8 Å². The van der Waals surface area contributed by atoms with Gasteiger partial charge in [0.1, 0.15) is 5.75 Å². The van der Waals surface area contributed by atoms with E-state index in [1.165, 1.54) is 32.1 Å². The molecule has 1 aromatic rings. The van der Waals surface area contributed by atoms with Gasteiger partial charge in [-0.05, 0) is 55.2 Å². The van der Waals surface area contributed by atoms with E-state index in [2.05, 4.69) is 26.1 Å². The van der Waals surface area contributed by atoms with Crippen molar-refractivity contribution in [1.29, 1.82) is 0 Å². The van der Waals surface area contributed by atoms with Crippen LogP contribution < -0.4 is 5.32 Å². The lowest BCUT2D eigenvalue weighted by atomic mass is 9.69. The van der Waals surface area contributed by atoms with Crippen molar-refractivity contribution in [2.45, 2.75) is 65.5 Å². The molecule has 0 unspecified atom stereocenters. The maximum atomic E-state index is 9.85. The van der Waals surface area contributed by atoms with Crippen molar-refractivity contribution >= 4 is 11.6 Å². The Hall–Kier alpha value is -0.730. The molecule has 0 aliphatic heterocycles. The second-order valence-corrected chi connectivity index (χ2v) is 7.48. The van der Waals surface area contributed by atoms with Crippen LogP contribution in [-0.2, 0) is 6.54 Å². The Kier molecular flexibility index (Phi) is 5.56. The van der Waals surface area contributed by atoms with Gasteiger partial charge in [-0.15, -0.1) is 0 Å². The van der Waals surface area contributed by atoms with E-state index in [9.17, 15) is 5.11 Å². The molecule has 1 aliphatic carbocycles. The second kappa shape index (κ2) is 7.02. The topological polar surface area (TPSA) is 32.3 Å². The third kappa shape index (κ3) is 4.37. The van der Waals surface area contributed by atoms with Crippen molar-refractivity contribution in [2.24, 2.45) is 11.3 Å². The Balaban J connectivity index is 1.83. The molecule has 1 aromatic carbocycles. The smallest absolute Gasteiger partial charge is 0.120 e. The molecule has 21 heavy (non-hydrogen) atoms. The molecule has 1 fully saturated rings. The second-order valence-electron chi connectivity index (χ2n) is 7.04. The quantitative estimate of drug-likeness (QED) is 0.790. The van der Waals surface area contributed by atoms with Crippen LogP contribution in [0.2, 0.25) is 5.02 Å². The van der Waals surface area contributed by atoms with Crippen LogP contribution in [0.1, 0.15) is 58.4 Å². The molecule has 0 spiro atoms. The number of benzene rings is 1. The van der Waals surface area contributed by atoms with Gasteiger partial charge in [0.15, 0.2) is 0 Å². The standard InChI is InChI=1S/C18H28ClNO/c1-4-18(2,3)14-5-8-16(9-6-14)20-12-13-11-15(19)7-10-17(13)21/h7,10-11,14,16,20-21H,4-6,8-9,12H2,1-3H3. The number of phenolic OH excluding ortho intramolecular Hbond substituents is 1. The molecule has 3 heteroatoms. The van der Waals surface area contributed by atoms with Gasteiger partial charge in [-0.25, -0.2) is 0 Å². The largest absolute Gasteiger partial charge is 0.508 e. The summed E-state index contributed by atoms with van der Waals surface area (Å²) in [5.74, 6) is 1.17. The van der Waals surface area contributed by atoms with E-state index < -0.39 is 0 Å². The summed E-state index contributed by atoms with van der Waals surface area (Å²) in [6, 6.07) is 5.79. The predicted molar refractivity (Wildman–Crippen MR) is 89.8 cm³/mol. The summed E-state index contributed by atoms with van der Waals surface area (Å²) in [5.41, 5.74) is 1.36. The maximum Gasteiger partial charge on any atom is 0.120 e. The number of aromatic hydroxyl groups is 1. The van der Waals surface area contributed by atoms with Crippen LogP contribution in [0.4, 0.5) is 0 Å². The number of halogens is 1. The summed E-state index contributed by atoms with van der Waals surface area (Å²) < 4.78 is 0. The summed E-state index contributed by atoms with van der Waals surface area (Å²) in [4.78, 5) is 0. The zero-order valence-corrected chi connectivity index (χ0v) is 14.2. The molecule has 0 heterocycles. The molecule has 0 bridgehead atoms. The Morgan fingerprint density at radius 2 is 1.90 bits per heavy atom. The minimum atomic E-state index is 0.327. The fraction of sp³-hybridized carbons (Fsp3) is 0.667. The Morgan fingerprint density at radius 1 is 1.24 bits per heavy atom. The first kappa shape index (κ1) is 16.6. The van der Waals surface area contributed by atoms with Crippen LogP contribution in [0.25, 0.3) is 0 Å². The monoisotopic (exact) mass is 309 g/mol. The van der Waals surface area contributed by atoms with E-state index in [4.69, 9.17) is 11.6 Å². The van der Waals surface area contributed by atoms with Crippen molar-refractivity contribution in [2.75, 3.05) is 0 Å². The minimum Gasteiger partial charge on any atom is -0.508 e. The summed E-state index contributed by atoms with van der Waals surface area (Å²) >= 11 is 5.98. The molecule has 1 aliphatic rings. The van der Waals surface area contributed by atoms with E-state index in [1.54, 1.807) is 12.1 Å². The third-order valence-corrected chi connectivity index (χ3v) is 5.60. The molecule has 0 amide bonds. The van der Waals surface area contributed by atoms with E-state index in [0.717, 1.165) is 11.5 Å². The first-order chi connectivity index (χ1) is 9.92. The van der Waals surface area contributed by atoms with E-state index >= 15 is 0 Å². The SMILES string of the molecule is CCC(C)(C)C1CCC(NCc2cc(Cl)ccc2O)CC1. The fourth-order valence-corrected chi connectivity index (χ4v) is 3.51. The van der Waals surface area contributed by atoms with Gasteiger partial charge in [0.2, 0.25) is 0 Å². The minimum absolute atomic E-state index is 0.327. The van der Waals surface area contributed by atoms with E-state index in [1.807, 2.05) is 6.07 Å². The van der Waals surface area contributed by atoms with Crippen LogP contribution in [0.3, 0.4) is 0 Å². The number of nitrogens with one attached hydrogen (secondary N) is 1. The Bertz CT molecular complexity index is 464. The highest BCUT2D eigenvalue weighted by atomic mass is 35.5. The molecule has 0 saturated heterocycles. The maximum absolute atomic E-state index is 9.85. The predicted octanol–water partition coefficient (Wildman–Crippen LogP) is 5.13. The average Bonchev–Trinajstić information content (AvgIpc) is 2.48. The van der Waals surface area contributed by atoms with Gasteiger partial charge in [-0.3, -0.25) is 0 Å². The molecule has 1 saturated carbocycles. The van der Waals surface area contributed by atoms with E-state index in [-0.39, 0.29) is 0 Å². The van der Waals surface area contributed by atoms with Gasteiger partial charge < -0.3 is 10.4 Å². The molecular weight excluding hydrogens is 282 g/mol. The first-order valence-corrected chi connectivity index (χ1v) is 8.51. The van der Waals surface area contributed by atoms with Gasteiger partial charge in [0.05, 0.1) is 0 Å². The fourth-order valence-electron chi connectivity index (χ4n) is 3.32. The van der Waals surface area contributed by atoms with Crippen molar-refractivity contribution in [3.8, 4) is 5.75 Å². The van der Waals surface area contributed by atoms with E-state index in [0.29, 0.717) is 28.8 Å². The number of hydrogen-bond donors (Lipinski definition) is 2. The lowest BCUT2D eigenvalue weighted by Crippen LogP contribution is -2.36.